The molecule has 3 amide bonds. The normalized spacial score (nSPS) is 25.4. The van der Waals surface area contributed by atoms with Gasteiger partial charge in [-0.3, -0.25) is 19.2 Å². The lowest BCUT2D eigenvalue weighted by atomic mass is 9.85. The highest BCUT2D eigenvalue weighted by Gasteiger charge is 2.61. The van der Waals surface area contributed by atoms with E-state index in [1.54, 1.807) is 36.4 Å². The second-order valence-corrected chi connectivity index (χ2v) is 9.16. The molecule has 3 aliphatic rings. The van der Waals surface area contributed by atoms with Crippen molar-refractivity contribution in [2.75, 3.05) is 6.54 Å². The molecule has 4 atom stereocenters. The molecule has 8 heteroatoms. The number of rotatable bonds is 5. The van der Waals surface area contributed by atoms with Gasteiger partial charge in [0.2, 0.25) is 0 Å². The molecule has 2 fully saturated rings. The standard InChI is InChI=1S/C24H18Cl2N2O4/c25-17-7-3-13(4-8-17)19(29)12-27(22(30)14-5-9-18(26)10-6-14)28-23(31)20-15-1-2-16(11-15)21(20)24(28)32/h1-10,15-16,20-21H,11-12H2/t15-,16-,20+,21+/m0/s1. The minimum Gasteiger partial charge on any atom is -0.292 e. The summed E-state index contributed by atoms with van der Waals surface area (Å²) in [6, 6.07) is 12.3. The van der Waals surface area contributed by atoms with Crippen molar-refractivity contribution in [1.29, 1.82) is 0 Å². The minimum absolute atomic E-state index is 0.00843. The van der Waals surface area contributed by atoms with Gasteiger partial charge in [0.25, 0.3) is 17.7 Å². The lowest BCUT2D eigenvalue weighted by Gasteiger charge is -2.30. The first-order valence-corrected chi connectivity index (χ1v) is 11.0. The van der Waals surface area contributed by atoms with Crippen molar-refractivity contribution in [2.24, 2.45) is 23.7 Å². The van der Waals surface area contributed by atoms with Crippen LogP contribution in [0.3, 0.4) is 0 Å². The summed E-state index contributed by atoms with van der Waals surface area (Å²) < 4.78 is 0. The first kappa shape index (κ1) is 20.9. The third kappa shape index (κ3) is 3.34. The average Bonchev–Trinajstić information content (AvgIpc) is 3.47. The van der Waals surface area contributed by atoms with Crippen LogP contribution in [0.4, 0.5) is 0 Å². The van der Waals surface area contributed by atoms with Gasteiger partial charge < -0.3 is 0 Å². The third-order valence-corrected chi connectivity index (χ3v) is 6.98. The lowest BCUT2D eigenvalue weighted by molar-refractivity contribution is -0.154. The van der Waals surface area contributed by atoms with E-state index in [0.29, 0.717) is 15.6 Å². The fraction of sp³-hybridized carbons (Fsp3) is 0.250. The van der Waals surface area contributed by atoms with Gasteiger partial charge in [-0.15, -0.1) is 0 Å². The van der Waals surface area contributed by atoms with Gasteiger partial charge in [0.1, 0.15) is 6.54 Å². The number of allylic oxidation sites excluding steroid dienone is 2. The van der Waals surface area contributed by atoms with E-state index in [1.807, 2.05) is 12.2 Å². The maximum absolute atomic E-state index is 13.4. The van der Waals surface area contributed by atoms with Crippen LogP contribution in [0.25, 0.3) is 0 Å². The van der Waals surface area contributed by atoms with Crippen LogP contribution < -0.4 is 0 Å². The number of imide groups is 1. The Balaban J connectivity index is 1.49. The van der Waals surface area contributed by atoms with Gasteiger partial charge in [0.15, 0.2) is 5.78 Å². The van der Waals surface area contributed by atoms with Gasteiger partial charge in [0.05, 0.1) is 11.8 Å². The molecule has 6 nitrogen and oxygen atoms in total. The molecule has 32 heavy (non-hydrogen) atoms. The van der Waals surface area contributed by atoms with Gasteiger partial charge in [0, 0.05) is 21.2 Å². The van der Waals surface area contributed by atoms with Gasteiger partial charge >= 0.3 is 0 Å². The Hall–Kier alpha value is -2.96. The molecule has 2 aromatic carbocycles. The van der Waals surface area contributed by atoms with Crippen molar-refractivity contribution >= 4 is 46.7 Å². The van der Waals surface area contributed by atoms with Crippen molar-refractivity contribution in [3.8, 4) is 0 Å². The van der Waals surface area contributed by atoms with Crippen LogP contribution >= 0.6 is 23.2 Å². The quantitative estimate of drug-likeness (QED) is 0.377. The summed E-state index contributed by atoms with van der Waals surface area (Å²) in [5, 5.41) is 2.78. The van der Waals surface area contributed by atoms with E-state index in [9.17, 15) is 19.2 Å². The van der Waals surface area contributed by atoms with Crippen LogP contribution in [0, 0.1) is 23.7 Å². The second-order valence-electron chi connectivity index (χ2n) is 8.29. The monoisotopic (exact) mass is 468 g/mol. The van der Waals surface area contributed by atoms with Crippen LogP contribution in [0.2, 0.25) is 10.0 Å². The largest absolute Gasteiger partial charge is 0.292 e. The maximum Gasteiger partial charge on any atom is 0.273 e. The van der Waals surface area contributed by atoms with Crippen molar-refractivity contribution in [2.45, 2.75) is 6.42 Å². The number of fused-ring (bicyclic) bond motifs is 5. The number of halogens is 2. The number of Topliss-reactive ketones (excluding diaryl/α,β-unsaturated/α-hetero) is 1. The van der Waals surface area contributed by atoms with E-state index >= 15 is 0 Å². The van der Waals surface area contributed by atoms with Gasteiger partial charge in [-0.25, -0.2) is 5.01 Å². The minimum atomic E-state index is -0.619. The molecule has 0 radical (unpaired) electrons. The van der Waals surface area contributed by atoms with E-state index in [0.717, 1.165) is 16.4 Å². The Morgan fingerprint density at radius 1 is 0.812 bits per heavy atom. The SMILES string of the molecule is O=C(CN(C(=O)c1ccc(Cl)cc1)N1C(=O)[C@H]2[C@H](C1=O)[C@H]1C=C[C@H]2C1)c1ccc(Cl)cc1. The molecule has 0 N–H and O–H groups in total. The molecule has 1 heterocycles. The summed E-state index contributed by atoms with van der Waals surface area (Å²) in [6.45, 7) is -0.456. The Morgan fingerprint density at radius 3 is 1.78 bits per heavy atom. The number of hydrogen-bond donors (Lipinski definition) is 0. The fourth-order valence-electron chi connectivity index (χ4n) is 4.96. The van der Waals surface area contributed by atoms with Crippen LogP contribution in [-0.4, -0.2) is 40.1 Å². The van der Waals surface area contributed by atoms with E-state index in [1.165, 1.54) is 12.1 Å². The highest BCUT2D eigenvalue weighted by Crippen LogP contribution is 2.52. The molecule has 5 rings (SSSR count). The van der Waals surface area contributed by atoms with Gasteiger partial charge in [-0.2, -0.15) is 5.01 Å². The number of ketones is 1. The molecular formula is C24H18Cl2N2O4. The first-order valence-electron chi connectivity index (χ1n) is 10.3. The first-order chi connectivity index (χ1) is 15.3. The van der Waals surface area contributed by atoms with Crippen LogP contribution in [0.15, 0.2) is 60.7 Å². The molecule has 2 bridgehead atoms. The summed E-state index contributed by atoms with van der Waals surface area (Å²) in [6.07, 6.45) is 4.73. The molecule has 1 saturated heterocycles. The number of hydrogen-bond acceptors (Lipinski definition) is 4. The topological polar surface area (TPSA) is 74.8 Å². The second kappa shape index (κ2) is 7.87. The molecule has 2 aromatic rings. The third-order valence-electron chi connectivity index (χ3n) is 6.47. The van der Waals surface area contributed by atoms with E-state index in [-0.39, 0.29) is 17.4 Å². The van der Waals surface area contributed by atoms with Crippen molar-refractivity contribution < 1.29 is 19.2 Å². The summed E-state index contributed by atoms with van der Waals surface area (Å²) >= 11 is 11.8. The predicted octanol–water partition coefficient (Wildman–Crippen LogP) is 4.04. The maximum atomic E-state index is 13.4. The number of carbonyl (C=O) groups excluding carboxylic acids is 4. The van der Waals surface area contributed by atoms with E-state index < -0.39 is 41.9 Å². The molecule has 1 saturated carbocycles. The summed E-state index contributed by atoms with van der Waals surface area (Å²) in [5.41, 5.74) is 0.543. The number of hydrazine groups is 1. The zero-order chi connectivity index (χ0) is 22.6. The number of benzene rings is 2. The van der Waals surface area contributed by atoms with Crippen LogP contribution in [0.1, 0.15) is 27.1 Å². The molecular weight excluding hydrogens is 451 g/mol. The molecule has 2 aliphatic carbocycles. The number of amides is 3. The van der Waals surface area contributed by atoms with Gasteiger partial charge in [-0.05, 0) is 66.8 Å². The van der Waals surface area contributed by atoms with E-state index in [4.69, 9.17) is 23.2 Å². The molecule has 0 unspecified atom stereocenters. The molecule has 0 aromatic heterocycles. The van der Waals surface area contributed by atoms with Crippen molar-refractivity contribution in [3.63, 3.8) is 0 Å². The summed E-state index contributed by atoms with van der Waals surface area (Å²) in [5.74, 6) is -2.87. The molecule has 162 valence electrons. The number of nitrogens with zero attached hydrogens (tertiary/aromatic N) is 2. The Bertz CT molecular complexity index is 1130. The smallest absolute Gasteiger partial charge is 0.273 e. The lowest BCUT2D eigenvalue weighted by Crippen LogP contribution is -2.52. The van der Waals surface area contributed by atoms with E-state index in [2.05, 4.69) is 0 Å². The Labute approximate surface area is 194 Å². The van der Waals surface area contributed by atoms with Gasteiger partial charge in [-0.1, -0.05) is 35.4 Å². The summed E-state index contributed by atoms with van der Waals surface area (Å²) in [4.78, 5) is 53.0. The molecule has 1 aliphatic heterocycles. The van der Waals surface area contributed by atoms with Crippen LogP contribution in [0.5, 0.6) is 0 Å². The zero-order valence-electron chi connectivity index (χ0n) is 16.8. The predicted molar refractivity (Wildman–Crippen MR) is 118 cm³/mol. The average molecular weight is 469 g/mol. The number of carbonyl (C=O) groups is 4. The zero-order valence-corrected chi connectivity index (χ0v) is 18.3. The van der Waals surface area contributed by atoms with Crippen molar-refractivity contribution in [1.82, 2.24) is 10.0 Å². The fourth-order valence-corrected chi connectivity index (χ4v) is 5.21. The van der Waals surface area contributed by atoms with Crippen molar-refractivity contribution in [3.05, 3.63) is 81.9 Å². The Morgan fingerprint density at radius 2 is 1.28 bits per heavy atom. The molecule has 0 spiro atoms. The summed E-state index contributed by atoms with van der Waals surface area (Å²) in [7, 11) is 0. The highest BCUT2D eigenvalue weighted by atomic mass is 35.5. The highest BCUT2D eigenvalue weighted by molar-refractivity contribution is 6.31. The van der Waals surface area contributed by atoms with Crippen LogP contribution in [-0.2, 0) is 9.59 Å². The Kier molecular flexibility index (Phi) is 5.14.